The molecule has 0 fully saturated rings. The Kier molecular flexibility index (Phi) is 5.54. The van der Waals surface area contributed by atoms with Crippen molar-refractivity contribution in [1.29, 1.82) is 0 Å². The van der Waals surface area contributed by atoms with Gasteiger partial charge in [-0.05, 0) is 44.0 Å². The standard InChI is InChI=1S/C21H22N4O3/c1-14(2)22-19(26)18-20(27)24(13-16-9-5-4-6-10-16)21(28)25(23-18)17-11-7-8-15(3)12-17/h4-12,14H,13H2,1-3H3,(H,22,26). The van der Waals surface area contributed by atoms with Crippen molar-refractivity contribution in [2.45, 2.75) is 33.4 Å². The highest BCUT2D eigenvalue weighted by Gasteiger charge is 2.21. The Morgan fingerprint density at radius 1 is 1.07 bits per heavy atom. The number of nitrogens with one attached hydrogen (secondary N) is 1. The zero-order valence-electron chi connectivity index (χ0n) is 16.0. The highest BCUT2D eigenvalue weighted by atomic mass is 16.2. The van der Waals surface area contributed by atoms with Crippen LogP contribution in [-0.4, -0.2) is 26.3 Å². The van der Waals surface area contributed by atoms with Gasteiger partial charge in [0.15, 0.2) is 0 Å². The van der Waals surface area contributed by atoms with Gasteiger partial charge >= 0.3 is 5.69 Å². The van der Waals surface area contributed by atoms with Crippen LogP contribution in [-0.2, 0) is 6.54 Å². The van der Waals surface area contributed by atoms with Crippen LogP contribution in [0.2, 0.25) is 0 Å². The predicted molar refractivity (Wildman–Crippen MR) is 107 cm³/mol. The van der Waals surface area contributed by atoms with Crippen molar-refractivity contribution in [1.82, 2.24) is 19.7 Å². The van der Waals surface area contributed by atoms with Crippen LogP contribution in [0.5, 0.6) is 0 Å². The second-order valence-electron chi connectivity index (χ2n) is 6.89. The molecule has 7 heteroatoms. The summed E-state index contributed by atoms with van der Waals surface area (Å²) in [4.78, 5) is 38.5. The lowest BCUT2D eigenvalue weighted by Gasteiger charge is -2.13. The maximum Gasteiger partial charge on any atom is 0.352 e. The van der Waals surface area contributed by atoms with Crippen molar-refractivity contribution in [3.63, 3.8) is 0 Å². The summed E-state index contributed by atoms with van der Waals surface area (Å²) < 4.78 is 2.15. The smallest absolute Gasteiger partial charge is 0.348 e. The van der Waals surface area contributed by atoms with Gasteiger partial charge in [0, 0.05) is 6.04 Å². The van der Waals surface area contributed by atoms with E-state index in [1.54, 1.807) is 32.0 Å². The molecule has 0 aliphatic heterocycles. The minimum absolute atomic E-state index is 0.0504. The second-order valence-corrected chi connectivity index (χ2v) is 6.89. The molecule has 0 saturated carbocycles. The van der Waals surface area contributed by atoms with Gasteiger partial charge < -0.3 is 5.32 Å². The highest BCUT2D eigenvalue weighted by molar-refractivity contribution is 5.91. The van der Waals surface area contributed by atoms with Crippen molar-refractivity contribution >= 4 is 5.91 Å². The maximum atomic E-state index is 13.0. The number of aryl methyl sites for hydroxylation is 1. The van der Waals surface area contributed by atoms with Gasteiger partial charge in [-0.1, -0.05) is 42.5 Å². The van der Waals surface area contributed by atoms with E-state index in [-0.39, 0.29) is 18.3 Å². The van der Waals surface area contributed by atoms with E-state index in [0.717, 1.165) is 20.4 Å². The molecule has 7 nitrogen and oxygen atoms in total. The Labute approximate surface area is 162 Å². The van der Waals surface area contributed by atoms with Crippen LogP contribution in [0.1, 0.15) is 35.5 Å². The molecule has 0 saturated heterocycles. The average molecular weight is 378 g/mol. The molecule has 3 aromatic rings. The number of hydrogen-bond donors (Lipinski definition) is 1. The summed E-state index contributed by atoms with van der Waals surface area (Å²) in [7, 11) is 0. The molecule has 0 atom stereocenters. The molecular weight excluding hydrogens is 356 g/mol. The van der Waals surface area contributed by atoms with E-state index in [4.69, 9.17) is 0 Å². The molecule has 0 bridgehead atoms. The highest BCUT2D eigenvalue weighted by Crippen LogP contribution is 2.07. The summed E-state index contributed by atoms with van der Waals surface area (Å²) in [6, 6.07) is 16.1. The van der Waals surface area contributed by atoms with E-state index >= 15 is 0 Å². The van der Waals surface area contributed by atoms with Crippen LogP contribution < -0.4 is 16.6 Å². The van der Waals surface area contributed by atoms with Crippen LogP contribution in [0.15, 0.2) is 64.2 Å². The Morgan fingerprint density at radius 3 is 2.43 bits per heavy atom. The van der Waals surface area contributed by atoms with E-state index in [1.165, 1.54) is 0 Å². The van der Waals surface area contributed by atoms with E-state index in [1.807, 2.05) is 43.3 Å². The zero-order valence-corrected chi connectivity index (χ0v) is 16.0. The Hall–Kier alpha value is -3.48. The molecule has 0 radical (unpaired) electrons. The van der Waals surface area contributed by atoms with Crippen molar-refractivity contribution in [2.75, 3.05) is 0 Å². The van der Waals surface area contributed by atoms with Crippen molar-refractivity contribution in [3.05, 3.63) is 92.3 Å². The van der Waals surface area contributed by atoms with Gasteiger partial charge in [0.05, 0.1) is 12.2 Å². The van der Waals surface area contributed by atoms with E-state index in [0.29, 0.717) is 5.69 Å². The summed E-state index contributed by atoms with van der Waals surface area (Å²) in [5.74, 6) is -0.608. The van der Waals surface area contributed by atoms with E-state index in [9.17, 15) is 14.4 Å². The molecule has 2 aromatic carbocycles. The minimum Gasteiger partial charge on any atom is -0.348 e. The number of carbonyl (C=O) groups excluding carboxylic acids is 1. The normalized spacial score (nSPS) is 10.9. The Bertz CT molecular complexity index is 1110. The fourth-order valence-corrected chi connectivity index (χ4v) is 2.82. The Balaban J connectivity index is 2.22. The van der Waals surface area contributed by atoms with Gasteiger partial charge in [-0.15, -0.1) is 0 Å². The first-order valence-electron chi connectivity index (χ1n) is 9.03. The topological polar surface area (TPSA) is 86.0 Å². The second kappa shape index (κ2) is 8.04. The summed E-state index contributed by atoms with van der Waals surface area (Å²) >= 11 is 0. The van der Waals surface area contributed by atoms with E-state index < -0.39 is 17.2 Å². The fourth-order valence-electron chi connectivity index (χ4n) is 2.82. The molecule has 0 aliphatic carbocycles. The summed E-state index contributed by atoms with van der Waals surface area (Å²) in [5, 5.41) is 6.77. The van der Waals surface area contributed by atoms with Crippen LogP contribution in [0, 0.1) is 6.92 Å². The number of nitrogens with zero attached hydrogens (tertiary/aromatic N) is 3. The van der Waals surface area contributed by atoms with Crippen LogP contribution >= 0.6 is 0 Å². The molecule has 1 heterocycles. The van der Waals surface area contributed by atoms with Gasteiger partial charge in [-0.2, -0.15) is 9.78 Å². The quantitative estimate of drug-likeness (QED) is 0.735. The molecule has 0 spiro atoms. The fraction of sp³-hybridized carbons (Fsp3) is 0.238. The first-order chi connectivity index (χ1) is 13.4. The molecule has 1 aromatic heterocycles. The van der Waals surface area contributed by atoms with Gasteiger partial charge in [0.2, 0.25) is 5.69 Å². The molecule has 1 amide bonds. The minimum atomic E-state index is -0.712. The van der Waals surface area contributed by atoms with Crippen molar-refractivity contribution < 1.29 is 4.79 Å². The van der Waals surface area contributed by atoms with Crippen molar-refractivity contribution in [2.24, 2.45) is 0 Å². The molecule has 28 heavy (non-hydrogen) atoms. The van der Waals surface area contributed by atoms with Gasteiger partial charge in [0.1, 0.15) is 0 Å². The largest absolute Gasteiger partial charge is 0.352 e. The summed E-state index contributed by atoms with van der Waals surface area (Å²) in [5.41, 5.74) is 0.576. The van der Waals surface area contributed by atoms with Gasteiger partial charge in [-0.3, -0.25) is 14.2 Å². The van der Waals surface area contributed by atoms with E-state index in [2.05, 4.69) is 10.4 Å². The lowest BCUT2D eigenvalue weighted by Crippen LogP contribution is -2.46. The first-order valence-corrected chi connectivity index (χ1v) is 9.03. The van der Waals surface area contributed by atoms with Crippen LogP contribution in [0.25, 0.3) is 5.69 Å². The Morgan fingerprint density at radius 2 is 1.79 bits per heavy atom. The third kappa shape index (κ3) is 4.09. The number of hydrogen-bond acceptors (Lipinski definition) is 4. The van der Waals surface area contributed by atoms with Crippen LogP contribution in [0.3, 0.4) is 0 Å². The van der Waals surface area contributed by atoms with Crippen LogP contribution in [0.4, 0.5) is 0 Å². The summed E-state index contributed by atoms with van der Waals surface area (Å²) in [6.07, 6.45) is 0. The van der Waals surface area contributed by atoms with Gasteiger partial charge in [-0.25, -0.2) is 4.79 Å². The lowest BCUT2D eigenvalue weighted by molar-refractivity contribution is 0.0933. The third-order valence-corrected chi connectivity index (χ3v) is 4.12. The monoisotopic (exact) mass is 378 g/mol. The third-order valence-electron chi connectivity index (χ3n) is 4.12. The molecule has 3 rings (SSSR count). The number of benzene rings is 2. The first kappa shape index (κ1) is 19.3. The molecular formula is C21H22N4O3. The predicted octanol–water partition coefficient (Wildman–Crippen LogP) is 1.89. The maximum absolute atomic E-state index is 13.0. The zero-order chi connectivity index (χ0) is 20.3. The number of carbonyl (C=O) groups is 1. The van der Waals surface area contributed by atoms with Crippen molar-refractivity contribution in [3.8, 4) is 5.69 Å². The molecule has 0 aliphatic rings. The summed E-state index contributed by atoms with van der Waals surface area (Å²) in [6.45, 7) is 5.52. The average Bonchev–Trinajstić information content (AvgIpc) is 2.65. The lowest BCUT2D eigenvalue weighted by atomic mass is 10.2. The molecule has 144 valence electrons. The van der Waals surface area contributed by atoms with Gasteiger partial charge in [0.25, 0.3) is 11.5 Å². The molecule has 0 unspecified atom stereocenters. The number of rotatable bonds is 5. The SMILES string of the molecule is Cc1cccc(-n2nc(C(=O)NC(C)C)c(=O)n(Cc3ccccc3)c2=O)c1. The number of aromatic nitrogens is 3. The molecule has 1 N–H and O–H groups in total. The number of amides is 1.